The number of ether oxygens (including phenoxy) is 1. The smallest absolute Gasteiger partial charge is 0.328 e. The second-order valence-corrected chi connectivity index (χ2v) is 3.81. The molecule has 1 unspecified atom stereocenters. The van der Waals surface area contributed by atoms with Gasteiger partial charge in [-0.25, -0.2) is 4.79 Å². The quantitative estimate of drug-likeness (QED) is 0.676. The van der Waals surface area contributed by atoms with E-state index in [4.69, 9.17) is 9.84 Å². The number of hydrogen-bond acceptors (Lipinski definition) is 4. The number of aliphatic hydroxyl groups excluding tert-OH is 1. The summed E-state index contributed by atoms with van der Waals surface area (Å²) in [5, 5.41) is 20.8. The summed E-state index contributed by atoms with van der Waals surface area (Å²) in [4.78, 5) is 11.3. The van der Waals surface area contributed by atoms with Gasteiger partial charge in [-0.2, -0.15) is 0 Å². The monoisotopic (exact) mass is 239 g/mol. The first-order valence-corrected chi connectivity index (χ1v) is 5.28. The van der Waals surface area contributed by atoms with Crippen molar-refractivity contribution < 1.29 is 19.7 Å². The van der Waals surface area contributed by atoms with Crippen molar-refractivity contribution in [1.82, 2.24) is 5.32 Å². The van der Waals surface area contributed by atoms with Gasteiger partial charge in [0.15, 0.2) is 0 Å². The van der Waals surface area contributed by atoms with Gasteiger partial charge in [0, 0.05) is 6.54 Å². The highest BCUT2D eigenvalue weighted by molar-refractivity contribution is 5.80. The molecule has 0 heterocycles. The molecule has 0 aliphatic rings. The zero-order valence-corrected chi connectivity index (χ0v) is 9.93. The van der Waals surface area contributed by atoms with Crippen LogP contribution in [-0.2, 0) is 10.3 Å². The maximum absolute atomic E-state index is 11.3. The molecule has 0 saturated heterocycles. The van der Waals surface area contributed by atoms with Crippen molar-refractivity contribution >= 4 is 5.97 Å². The van der Waals surface area contributed by atoms with Crippen molar-refractivity contribution in [3.8, 4) is 5.75 Å². The minimum atomic E-state index is -1.21. The average molecular weight is 239 g/mol. The molecule has 1 aromatic carbocycles. The summed E-state index contributed by atoms with van der Waals surface area (Å²) in [5.74, 6) is -0.320. The highest BCUT2D eigenvalue weighted by Gasteiger charge is 2.34. The van der Waals surface area contributed by atoms with Gasteiger partial charge in [0.1, 0.15) is 11.3 Å². The molecule has 3 N–H and O–H groups in total. The van der Waals surface area contributed by atoms with Crippen molar-refractivity contribution in [1.29, 1.82) is 0 Å². The Balaban J connectivity index is 3.00. The second kappa shape index (κ2) is 5.65. The zero-order chi connectivity index (χ0) is 12.9. The predicted octanol–water partition coefficient (Wildman–Crippen LogP) is 0.577. The molecule has 17 heavy (non-hydrogen) atoms. The molecule has 0 saturated carbocycles. The number of hydrogen-bond donors (Lipinski definition) is 3. The SMILES string of the molecule is COc1ccc(C(C)(NCCO)C(=O)O)cc1. The van der Waals surface area contributed by atoms with Crippen LogP contribution in [0.4, 0.5) is 0 Å². The molecular weight excluding hydrogens is 222 g/mol. The van der Waals surface area contributed by atoms with Crippen molar-refractivity contribution in [2.45, 2.75) is 12.5 Å². The summed E-state index contributed by atoms with van der Waals surface area (Å²) >= 11 is 0. The molecule has 0 bridgehead atoms. The van der Waals surface area contributed by atoms with Crippen molar-refractivity contribution in [3.63, 3.8) is 0 Å². The van der Waals surface area contributed by atoms with Crippen LogP contribution in [0.15, 0.2) is 24.3 Å². The summed E-state index contributed by atoms with van der Waals surface area (Å²) in [5.41, 5.74) is -0.603. The van der Waals surface area contributed by atoms with Gasteiger partial charge in [0.05, 0.1) is 13.7 Å². The van der Waals surface area contributed by atoms with Gasteiger partial charge in [-0.1, -0.05) is 12.1 Å². The van der Waals surface area contributed by atoms with Gasteiger partial charge in [-0.05, 0) is 24.6 Å². The fourth-order valence-electron chi connectivity index (χ4n) is 1.53. The third-order valence-corrected chi connectivity index (χ3v) is 2.69. The van der Waals surface area contributed by atoms with Crippen LogP contribution in [0.1, 0.15) is 12.5 Å². The van der Waals surface area contributed by atoms with Gasteiger partial charge in [0.25, 0.3) is 0 Å². The summed E-state index contributed by atoms with van der Waals surface area (Å²) in [7, 11) is 1.55. The summed E-state index contributed by atoms with van der Waals surface area (Å²) in [6.07, 6.45) is 0. The number of carbonyl (C=O) groups is 1. The Kier molecular flexibility index (Phi) is 4.48. The summed E-state index contributed by atoms with van der Waals surface area (Å²) in [6, 6.07) is 6.79. The maximum Gasteiger partial charge on any atom is 0.328 e. The van der Waals surface area contributed by atoms with Crippen molar-refractivity contribution in [2.24, 2.45) is 0 Å². The van der Waals surface area contributed by atoms with Gasteiger partial charge in [-0.3, -0.25) is 5.32 Å². The minimum absolute atomic E-state index is 0.112. The van der Waals surface area contributed by atoms with E-state index in [2.05, 4.69) is 5.32 Å². The van der Waals surface area contributed by atoms with Crippen LogP contribution < -0.4 is 10.1 Å². The molecule has 0 spiro atoms. The molecule has 5 nitrogen and oxygen atoms in total. The lowest BCUT2D eigenvalue weighted by atomic mass is 9.92. The molecule has 0 aliphatic heterocycles. The van der Waals surface area contributed by atoms with Crippen LogP contribution in [0.5, 0.6) is 5.75 Å². The van der Waals surface area contributed by atoms with E-state index in [9.17, 15) is 9.90 Å². The number of nitrogens with one attached hydrogen (secondary N) is 1. The van der Waals surface area contributed by atoms with E-state index in [1.165, 1.54) is 0 Å². The van der Waals surface area contributed by atoms with E-state index in [-0.39, 0.29) is 13.2 Å². The minimum Gasteiger partial charge on any atom is -0.497 e. The molecule has 1 aromatic rings. The lowest BCUT2D eigenvalue weighted by Gasteiger charge is -2.26. The Morgan fingerprint density at radius 2 is 2.00 bits per heavy atom. The van der Waals surface area contributed by atoms with Crippen LogP contribution in [-0.4, -0.2) is 36.4 Å². The highest BCUT2D eigenvalue weighted by Crippen LogP contribution is 2.23. The molecule has 0 amide bonds. The van der Waals surface area contributed by atoms with Gasteiger partial charge in [0.2, 0.25) is 0 Å². The molecule has 0 aliphatic carbocycles. The van der Waals surface area contributed by atoms with Gasteiger partial charge < -0.3 is 14.9 Å². The first-order valence-electron chi connectivity index (χ1n) is 5.28. The molecule has 0 radical (unpaired) electrons. The number of carboxylic acids is 1. The Morgan fingerprint density at radius 3 is 2.41 bits per heavy atom. The summed E-state index contributed by atoms with van der Waals surface area (Å²) in [6.45, 7) is 1.67. The first-order chi connectivity index (χ1) is 8.04. The van der Waals surface area contributed by atoms with Crippen LogP contribution >= 0.6 is 0 Å². The van der Waals surface area contributed by atoms with Crippen molar-refractivity contribution in [3.05, 3.63) is 29.8 Å². The fourth-order valence-corrected chi connectivity index (χ4v) is 1.53. The van der Waals surface area contributed by atoms with E-state index in [0.717, 1.165) is 0 Å². The number of benzene rings is 1. The maximum atomic E-state index is 11.3. The molecule has 1 rings (SSSR count). The van der Waals surface area contributed by atoms with Crippen LogP contribution in [0.25, 0.3) is 0 Å². The number of carboxylic acid groups (broad SMARTS) is 1. The van der Waals surface area contributed by atoms with Crippen LogP contribution in [0, 0.1) is 0 Å². The Morgan fingerprint density at radius 1 is 1.41 bits per heavy atom. The number of aliphatic carboxylic acids is 1. The van der Waals surface area contributed by atoms with Gasteiger partial charge in [-0.15, -0.1) is 0 Å². The number of rotatable bonds is 6. The lowest BCUT2D eigenvalue weighted by molar-refractivity contribution is -0.144. The largest absolute Gasteiger partial charge is 0.497 e. The molecule has 5 heteroatoms. The third kappa shape index (κ3) is 2.95. The van der Waals surface area contributed by atoms with E-state index >= 15 is 0 Å². The van der Waals surface area contributed by atoms with Crippen molar-refractivity contribution in [2.75, 3.05) is 20.3 Å². The Labute approximate surface area is 100 Å². The average Bonchev–Trinajstić information content (AvgIpc) is 2.35. The van der Waals surface area contributed by atoms with E-state index in [1.807, 2.05) is 0 Å². The van der Waals surface area contributed by atoms with E-state index in [0.29, 0.717) is 11.3 Å². The van der Waals surface area contributed by atoms with E-state index in [1.54, 1.807) is 38.3 Å². The first kappa shape index (κ1) is 13.5. The summed E-state index contributed by atoms with van der Waals surface area (Å²) < 4.78 is 5.02. The fraction of sp³-hybridized carbons (Fsp3) is 0.417. The second-order valence-electron chi connectivity index (χ2n) is 3.81. The number of aliphatic hydroxyl groups is 1. The van der Waals surface area contributed by atoms with Crippen LogP contribution in [0.3, 0.4) is 0 Å². The Bertz CT molecular complexity index is 377. The molecule has 0 aromatic heterocycles. The molecular formula is C12H17NO4. The normalized spacial score (nSPS) is 14.1. The molecule has 94 valence electrons. The lowest BCUT2D eigenvalue weighted by Crippen LogP contribution is -2.47. The number of methoxy groups -OCH3 is 1. The Hall–Kier alpha value is -1.59. The van der Waals surface area contributed by atoms with Gasteiger partial charge >= 0.3 is 5.97 Å². The predicted molar refractivity (Wildman–Crippen MR) is 63.1 cm³/mol. The van der Waals surface area contributed by atoms with E-state index < -0.39 is 11.5 Å². The molecule has 1 atom stereocenters. The third-order valence-electron chi connectivity index (χ3n) is 2.69. The standard InChI is InChI=1S/C12H17NO4/c1-12(11(15)16,13-7-8-14)9-3-5-10(17-2)6-4-9/h3-6,13-14H,7-8H2,1-2H3,(H,15,16). The topological polar surface area (TPSA) is 78.8 Å². The molecule has 0 fully saturated rings. The zero-order valence-electron chi connectivity index (χ0n) is 9.93. The highest BCUT2D eigenvalue weighted by atomic mass is 16.5. The van der Waals surface area contributed by atoms with Crippen LogP contribution in [0.2, 0.25) is 0 Å².